The van der Waals surface area contributed by atoms with Crippen molar-refractivity contribution in [1.82, 2.24) is 15.1 Å². The van der Waals surface area contributed by atoms with Crippen molar-refractivity contribution < 1.29 is 27.5 Å². The molecular formula is C27H31N3O6S. The smallest absolute Gasteiger partial charge is 0.258 e. The van der Waals surface area contributed by atoms with Crippen LogP contribution >= 0.6 is 0 Å². The van der Waals surface area contributed by atoms with Gasteiger partial charge < -0.3 is 9.64 Å². The molecule has 3 amide bonds. The van der Waals surface area contributed by atoms with E-state index in [1.807, 2.05) is 36.4 Å². The molecule has 2 saturated heterocycles. The molecule has 10 heteroatoms. The van der Waals surface area contributed by atoms with Gasteiger partial charge in [0.05, 0.1) is 10.8 Å². The Hall–Kier alpha value is -3.24. The number of imide groups is 1. The average Bonchev–Trinajstić information content (AvgIpc) is 3.20. The quantitative estimate of drug-likeness (QED) is 0.551. The highest BCUT2D eigenvalue weighted by Crippen LogP contribution is 2.34. The lowest BCUT2D eigenvalue weighted by Gasteiger charge is -2.31. The zero-order chi connectivity index (χ0) is 26.2. The number of hydrogen-bond acceptors (Lipinski definition) is 7. The highest BCUT2D eigenvalue weighted by molar-refractivity contribution is 7.91. The molecule has 1 unspecified atom stereocenters. The summed E-state index contributed by atoms with van der Waals surface area (Å²) in [5.41, 5.74) is 3.39. The molecule has 196 valence electrons. The van der Waals surface area contributed by atoms with Gasteiger partial charge in [-0.2, -0.15) is 0 Å². The van der Waals surface area contributed by atoms with Crippen molar-refractivity contribution in [2.24, 2.45) is 0 Å². The van der Waals surface area contributed by atoms with E-state index in [-0.39, 0.29) is 23.5 Å². The molecule has 0 bridgehead atoms. The number of nitrogens with one attached hydrogen (secondary N) is 1. The first-order valence-corrected chi connectivity index (χ1v) is 14.5. The average molecular weight is 526 g/mol. The number of carbonyl (C=O) groups is 3. The van der Waals surface area contributed by atoms with E-state index in [4.69, 9.17) is 4.74 Å². The Labute approximate surface area is 216 Å². The lowest BCUT2D eigenvalue weighted by atomic mass is 10.0. The molecule has 3 heterocycles. The molecule has 0 saturated carbocycles. The third-order valence-electron chi connectivity index (χ3n) is 7.48. The fourth-order valence-electron chi connectivity index (χ4n) is 5.36. The third kappa shape index (κ3) is 5.55. The summed E-state index contributed by atoms with van der Waals surface area (Å²) in [6.45, 7) is 2.92. The second-order valence-corrected chi connectivity index (χ2v) is 12.4. The van der Waals surface area contributed by atoms with Crippen LogP contribution in [0.1, 0.15) is 52.7 Å². The number of rotatable bonds is 7. The fraction of sp³-hybridized carbons (Fsp3) is 0.444. The molecule has 0 spiro atoms. The van der Waals surface area contributed by atoms with E-state index in [0.29, 0.717) is 43.7 Å². The zero-order valence-corrected chi connectivity index (χ0v) is 21.6. The molecule has 9 nitrogen and oxygen atoms in total. The molecule has 37 heavy (non-hydrogen) atoms. The minimum Gasteiger partial charge on any atom is -0.488 e. The van der Waals surface area contributed by atoms with Crippen LogP contribution in [0.2, 0.25) is 0 Å². The monoisotopic (exact) mass is 525 g/mol. The molecule has 0 radical (unpaired) electrons. The number of nitrogens with zero attached hydrogens (tertiary/aromatic N) is 2. The minimum atomic E-state index is -2.97. The molecule has 0 aromatic heterocycles. The van der Waals surface area contributed by atoms with Crippen molar-refractivity contribution >= 4 is 27.6 Å². The summed E-state index contributed by atoms with van der Waals surface area (Å²) < 4.78 is 29.6. The number of hydrogen-bond donors (Lipinski definition) is 1. The Bertz CT molecular complexity index is 1320. The zero-order valence-electron chi connectivity index (χ0n) is 20.8. The first kappa shape index (κ1) is 25.4. The number of sulfone groups is 1. The van der Waals surface area contributed by atoms with Gasteiger partial charge in [-0.1, -0.05) is 36.4 Å². The second kappa shape index (κ2) is 10.3. The summed E-state index contributed by atoms with van der Waals surface area (Å²) in [4.78, 5) is 40.8. The van der Waals surface area contributed by atoms with Crippen molar-refractivity contribution in [3.05, 3.63) is 64.7 Å². The third-order valence-corrected chi connectivity index (χ3v) is 9.16. The van der Waals surface area contributed by atoms with Crippen molar-refractivity contribution in [3.63, 3.8) is 0 Å². The summed E-state index contributed by atoms with van der Waals surface area (Å²) in [5.74, 6) is -0.512. The number of carbonyl (C=O) groups excluding carboxylic acids is 3. The summed E-state index contributed by atoms with van der Waals surface area (Å²) in [7, 11) is -2.97. The van der Waals surface area contributed by atoms with Crippen LogP contribution in [0.15, 0.2) is 42.5 Å². The van der Waals surface area contributed by atoms with E-state index in [9.17, 15) is 22.8 Å². The van der Waals surface area contributed by atoms with Gasteiger partial charge in [0.1, 0.15) is 28.2 Å². The van der Waals surface area contributed by atoms with Gasteiger partial charge in [-0.15, -0.1) is 0 Å². The topological polar surface area (TPSA) is 113 Å². The van der Waals surface area contributed by atoms with Crippen molar-refractivity contribution in [1.29, 1.82) is 0 Å². The van der Waals surface area contributed by atoms with Crippen molar-refractivity contribution in [2.45, 2.75) is 56.7 Å². The van der Waals surface area contributed by atoms with Crippen LogP contribution in [0, 0.1) is 0 Å². The maximum Gasteiger partial charge on any atom is 0.258 e. The molecular weight excluding hydrogens is 494 g/mol. The first-order valence-electron chi connectivity index (χ1n) is 12.6. The predicted molar refractivity (Wildman–Crippen MR) is 136 cm³/mol. The molecule has 5 rings (SSSR count). The van der Waals surface area contributed by atoms with E-state index in [1.54, 1.807) is 6.07 Å². The van der Waals surface area contributed by atoms with Crippen LogP contribution in [0.3, 0.4) is 0 Å². The van der Waals surface area contributed by atoms with Crippen LogP contribution in [0.5, 0.6) is 5.75 Å². The normalized spacial score (nSPS) is 21.2. The number of likely N-dealkylation sites (tertiary alicyclic amines) is 1. The van der Waals surface area contributed by atoms with Crippen molar-refractivity contribution in [3.8, 4) is 5.75 Å². The SMILES string of the molecule is CS(=O)(=O)C1CCN(Cc2ccc(COc3cccc4c3C(=O)N(C3CCC(=O)NC3=O)C4)cc2)CC1. The Morgan fingerprint density at radius 3 is 2.35 bits per heavy atom. The van der Waals surface area contributed by atoms with Gasteiger partial charge in [0.2, 0.25) is 11.8 Å². The van der Waals surface area contributed by atoms with Gasteiger partial charge in [0, 0.05) is 25.8 Å². The van der Waals surface area contributed by atoms with Crippen LogP contribution in [-0.4, -0.2) is 66.6 Å². The number of benzene rings is 2. The van der Waals surface area contributed by atoms with Gasteiger partial charge >= 0.3 is 0 Å². The van der Waals surface area contributed by atoms with Gasteiger partial charge in [-0.3, -0.25) is 24.6 Å². The van der Waals surface area contributed by atoms with E-state index >= 15 is 0 Å². The standard InChI is InChI=1S/C27H31N3O6S/c1-37(34,35)21-11-13-29(14-12-21)15-18-5-7-19(8-6-18)17-36-23-4-2-3-20-16-30(27(33)25(20)23)22-9-10-24(31)28-26(22)32/h2-8,21-22H,9-17H2,1H3,(H,28,31,32). The van der Waals surface area contributed by atoms with Crippen LogP contribution in [0.25, 0.3) is 0 Å². The maximum atomic E-state index is 13.2. The molecule has 1 N–H and O–H groups in total. The summed E-state index contributed by atoms with van der Waals surface area (Å²) in [5, 5.41) is 2.09. The van der Waals surface area contributed by atoms with E-state index in [2.05, 4.69) is 10.2 Å². The van der Waals surface area contributed by atoms with Gasteiger partial charge in [-0.25, -0.2) is 8.42 Å². The molecule has 3 aliphatic rings. The number of piperidine rings is 2. The van der Waals surface area contributed by atoms with Crippen molar-refractivity contribution in [2.75, 3.05) is 19.3 Å². The lowest BCUT2D eigenvalue weighted by Crippen LogP contribution is -2.52. The molecule has 3 aliphatic heterocycles. The second-order valence-electron chi connectivity index (χ2n) is 10.1. The highest BCUT2D eigenvalue weighted by Gasteiger charge is 2.40. The summed E-state index contributed by atoms with van der Waals surface area (Å²) >= 11 is 0. The van der Waals surface area contributed by atoms with E-state index < -0.39 is 21.8 Å². The van der Waals surface area contributed by atoms with Gasteiger partial charge in [0.25, 0.3) is 5.91 Å². The van der Waals surface area contributed by atoms with Gasteiger partial charge in [-0.05, 0) is 55.1 Å². The first-order chi connectivity index (χ1) is 17.7. The van der Waals surface area contributed by atoms with E-state index in [0.717, 1.165) is 36.3 Å². The Kier molecular flexibility index (Phi) is 7.04. The number of fused-ring (bicyclic) bond motifs is 1. The largest absolute Gasteiger partial charge is 0.488 e. The van der Waals surface area contributed by atoms with Crippen LogP contribution < -0.4 is 10.1 Å². The maximum absolute atomic E-state index is 13.2. The molecule has 0 aliphatic carbocycles. The predicted octanol–water partition coefficient (Wildman–Crippen LogP) is 2.04. The highest BCUT2D eigenvalue weighted by atomic mass is 32.2. The van der Waals surface area contributed by atoms with Crippen LogP contribution in [0.4, 0.5) is 0 Å². The molecule has 2 aromatic rings. The van der Waals surface area contributed by atoms with E-state index in [1.165, 1.54) is 11.2 Å². The Morgan fingerprint density at radius 1 is 0.973 bits per heavy atom. The molecule has 2 fully saturated rings. The number of ether oxygens (including phenoxy) is 1. The minimum absolute atomic E-state index is 0.217. The summed E-state index contributed by atoms with van der Waals surface area (Å²) in [6, 6.07) is 12.9. The number of amides is 3. The fourth-order valence-corrected chi connectivity index (χ4v) is 6.42. The Balaban J connectivity index is 1.18. The molecule has 2 aromatic carbocycles. The summed E-state index contributed by atoms with van der Waals surface area (Å²) in [6.07, 6.45) is 3.21. The Morgan fingerprint density at radius 2 is 1.68 bits per heavy atom. The van der Waals surface area contributed by atoms with Crippen LogP contribution in [-0.2, 0) is 39.1 Å². The van der Waals surface area contributed by atoms with Gasteiger partial charge in [0.15, 0.2) is 0 Å². The molecule has 1 atom stereocenters. The lowest BCUT2D eigenvalue weighted by molar-refractivity contribution is -0.136.